The highest BCUT2D eigenvalue weighted by Crippen LogP contribution is 2.23. The molecule has 2 aromatic carbocycles. The van der Waals surface area contributed by atoms with Gasteiger partial charge < -0.3 is 19.7 Å². The molecule has 0 atom stereocenters. The first-order valence-corrected chi connectivity index (χ1v) is 9.00. The molecule has 0 unspecified atom stereocenters. The molecule has 1 aliphatic heterocycles. The molecular formula is C21H22N2O5. The lowest BCUT2D eigenvalue weighted by Crippen LogP contribution is -2.23. The number of nitrogens with one attached hydrogen (secondary N) is 1. The van der Waals surface area contributed by atoms with Gasteiger partial charge in [0.05, 0.1) is 12.7 Å². The number of esters is 1. The number of carbonyl (C=O) groups is 3. The van der Waals surface area contributed by atoms with E-state index in [1.165, 1.54) is 7.11 Å². The maximum atomic E-state index is 12.1. The van der Waals surface area contributed by atoms with Crippen LogP contribution in [0, 0.1) is 6.92 Å². The van der Waals surface area contributed by atoms with Crippen LogP contribution >= 0.6 is 0 Å². The van der Waals surface area contributed by atoms with E-state index in [1.807, 2.05) is 6.92 Å². The second-order valence-corrected chi connectivity index (χ2v) is 6.50. The fourth-order valence-electron chi connectivity index (χ4n) is 3.00. The van der Waals surface area contributed by atoms with Gasteiger partial charge in [-0.3, -0.25) is 9.59 Å². The third-order valence-corrected chi connectivity index (χ3v) is 4.51. The van der Waals surface area contributed by atoms with E-state index in [9.17, 15) is 14.4 Å². The number of rotatable bonds is 6. The Labute approximate surface area is 163 Å². The summed E-state index contributed by atoms with van der Waals surface area (Å²) in [5, 5.41) is 2.67. The molecule has 2 aromatic rings. The van der Waals surface area contributed by atoms with Gasteiger partial charge in [0.2, 0.25) is 5.91 Å². The van der Waals surface area contributed by atoms with Crippen LogP contribution in [0.5, 0.6) is 5.75 Å². The van der Waals surface area contributed by atoms with Crippen molar-refractivity contribution in [1.82, 2.24) is 0 Å². The number of ether oxygens (including phenoxy) is 2. The summed E-state index contributed by atoms with van der Waals surface area (Å²) >= 11 is 0. The molecule has 0 saturated carbocycles. The maximum Gasteiger partial charge on any atom is 0.338 e. The van der Waals surface area contributed by atoms with Crippen LogP contribution in [0.1, 0.15) is 28.8 Å². The summed E-state index contributed by atoms with van der Waals surface area (Å²) in [6.45, 7) is 2.18. The Balaban J connectivity index is 1.52. The molecule has 3 rings (SSSR count). The second-order valence-electron chi connectivity index (χ2n) is 6.50. The van der Waals surface area contributed by atoms with Gasteiger partial charge >= 0.3 is 5.97 Å². The summed E-state index contributed by atoms with van der Waals surface area (Å²) in [6.07, 6.45) is 1.42. The molecule has 7 heteroatoms. The third-order valence-electron chi connectivity index (χ3n) is 4.51. The van der Waals surface area contributed by atoms with E-state index in [0.717, 1.165) is 17.7 Å². The van der Waals surface area contributed by atoms with Crippen LogP contribution < -0.4 is 15.0 Å². The molecule has 0 radical (unpaired) electrons. The molecule has 0 aromatic heterocycles. The molecule has 1 N–H and O–H groups in total. The van der Waals surface area contributed by atoms with Crippen molar-refractivity contribution in [1.29, 1.82) is 0 Å². The second kappa shape index (κ2) is 8.56. The summed E-state index contributed by atoms with van der Waals surface area (Å²) in [4.78, 5) is 37.6. The molecule has 1 fully saturated rings. The molecular weight excluding hydrogens is 360 g/mol. The van der Waals surface area contributed by atoms with Gasteiger partial charge in [0.1, 0.15) is 5.75 Å². The number of carbonyl (C=O) groups excluding carboxylic acids is 3. The Bertz CT molecular complexity index is 892. The molecule has 7 nitrogen and oxygen atoms in total. The van der Waals surface area contributed by atoms with Crippen molar-refractivity contribution >= 4 is 29.2 Å². The number of methoxy groups -OCH3 is 1. The summed E-state index contributed by atoms with van der Waals surface area (Å²) in [5.41, 5.74) is 2.58. The SMILES string of the molecule is COc1cc(C(=O)OCC(=O)Nc2ccc(N3CCCC3=O)cc2)ccc1C. The van der Waals surface area contributed by atoms with Crippen LogP contribution in [-0.2, 0) is 14.3 Å². The molecule has 0 aliphatic carbocycles. The van der Waals surface area contributed by atoms with Crippen LogP contribution in [0.25, 0.3) is 0 Å². The Morgan fingerprint density at radius 2 is 1.89 bits per heavy atom. The maximum absolute atomic E-state index is 12.1. The van der Waals surface area contributed by atoms with E-state index in [2.05, 4.69) is 5.32 Å². The van der Waals surface area contributed by atoms with Crippen LogP contribution in [0.3, 0.4) is 0 Å². The summed E-state index contributed by atoms with van der Waals surface area (Å²) in [6, 6.07) is 11.9. The number of hydrogen-bond acceptors (Lipinski definition) is 5. The zero-order chi connectivity index (χ0) is 20.1. The predicted molar refractivity (Wildman–Crippen MR) is 105 cm³/mol. The predicted octanol–water partition coefficient (Wildman–Crippen LogP) is 2.93. The van der Waals surface area contributed by atoms with Crippen molar-refractivity contribution in [3.8, 4) is 5.75 Å². The van der Waals surface area contributed by atoms with E-state index >= 15 is 0 Å². The zero-order valence-corrected chi connectivity index (χ0v) is 15.9. The Morgan fingerprint density at radius 3 is 2.54 bits per heavy atom. The number of anilines is 2. The number of aryl methyl sites for hydroxylation is 1. The fraction of sp³-hybridized carbons (Fsp3) is 0.286. The van der Waals surface area contributed by atoms with Crippen LogP contribution in [0.15, 0.2) is 42.5 Å². The highest BCUT2D eigenvalue weighted by molar-refractivity contribution is 5.97. The number of hydrogen-bond donors (Lipinski definition) is 1. The van der Waals surface area contributed by atoms with Gasteiger partial charge in [-0.2, -0.15) is 0 Å². The van der Waals surface area contributed by atoms with Gasteiger partial charge in [-0.05, 0) is 55.3 Å². The Hall–Kier alpha value is -3.35. The average Bonchev–Trinajstić information content (AvgIpc) is 3.13. The van der Waals surface area contributed by atoms with Crippen molar-refractivity contribution in [2.24, 2.45) is 0 Å². The Kier molecular flexibility index (Phi) is 5.93. The third kappa shape index (κ3) is 4.49. The van der Waals surface area contributed by atoms with E-state index in [4.69, 9.17) is 9.47 Å². The van der Waals surface area contributed by atoms with Crippen LogP contribution in [0.2, 0.25) is 0 Å². The first kappa shape index (κ1) is 19.4. The molecule has 28 heavy (non-hydrogen) atoms. The quantitative estimate of drug-likeness (QED) is 0.777. The van der Waals surface area contributed by atoms with Gasteiger partial charge in [0.25, 0.3) is 5.91 Å². The van der Waals surface area contributed by atoms with E-state index in [-0.39, 0.29) is 5.91 Å². The minimum absolute atomic E-state index is 0.108. The zero-order valence-electron chi connectivity index (χ0n) is 15.9. The van der Waals surface area contributed by atoms with Gasteiger partial charge in [-0.25, -0.2) is 4.79 Å². The van der Waals surface area contributed by atoms with Crippen molar-refractivity contribution in [2.45, 2.75) is 19.8 Å². The fourth-order valence-corrected chi connectivity index (χ4v) is 3.00. The molecule has 1 heterocycles. The Morgan fingerprint density at radius 1 is 1.14 bits per heavy atom. The lowest BCUT2D eigenvalue weighted by atomic mass is 10.1. The normalized spacial score (nSPS) is 13.4. The van der Waals surface area contributed by atoms with Gasteiger partial charge in [0, 0.05) is 24.3 Å². The number of nitrogens with zero attached hydrogens (tertiary/aromatic N) is 1. The van der Waals surface area contributed by atoms with Crippen LogP contribution in [0.4, 0.5) is 11.4 Å². The minimum Gasteiger partial charge on any atom is -0.496 e. The smallest absolute Gasteiger partial charge is 0.338 e. The monoisotopic (exact) mass is 382 g/mol. The summed E-state index contributed by atoms with van der Waals surface area (Å²) < 4.78 is 10.2. The van der Waals surface area contributed by atoms with E-state index < -0.39 is 18.5 Å². The van der Waals surface area contributed by atoms with Crippen LogP contribution in [-0.4, -0.2) is 38.0 Å². The van der Waals surface area contributed by atoms with E-state index in [1.54, 1.807) is 47.4 Å². The van der Waals surface area contributed by atoms with Crippen molar-refractivity contribution in [3.05, 3.63) is 53.6 Å². The first-order chi connectivity index (χ1) is 13.5. The largest absolute Gasteiger partial charge is 0.496 e. The highest BCUT2D eigenvalue weighted by atomic mass is 16.5. The summed E-state index contributed by atoms with van der Waals surface area (Å²) in [5.74, 6) is -0.360. The molecule has 0 bridgehead atoms. The molecule has 1 saturated heterocycles. The molecule has 0 spiro atoms. The van der Waals surface area contributed by atoms with Crippen molar-refractivity contribution < 1.29 is 23.9 Å². The standard InChI is InChI=1S/C21H22N2O5/c1-14-5-6-15(12-18(14)27-2)21(26)28-13-19(24)22-16-7-9-17(10-8-16)23-11-3-4-20(23)25/h5-10,12H,3-4,11,13H2,1-2H3,(H,22,24). The van der Waals surface area contributed by atoms with Crippen molar-refractivity contribution in [2.75, 3.05) is 30.5 Å². The molecule has 1 aliphatic rings. The van der Waals surface area contributed by atoms with Gasteiger partial charge in [-0.1, -0.05) is 6.07 Å². The lowest BCUT2D eigenvalue weighted by Gasteiger charge is -2.16. The number of amides is 2. The topological polar surface area (TPSA) is 84.9 Å². The minimum atomic E-state index is -0.601. The van der Waals surface area contributed by atoms with E-state index in [0.29, 0.717) is 30.0 Å². The van der Waals surface area contributed by atoms with Gasteiger partial charge in [0.15, 0.2) is 6.61 Å². The summed E-state index contributed by atoms with van der Waals surface area (Å²) in [7, 11) is 1.52. The van der Waals surface area contributed by atoms with Crippen molar-refractivity contribution in [3.63, 3.8) is 0 Å². The highest BCUT2D eigenvalue weighted by Gasteiger charge is 2.21. The molecule has 146 valence electrons. The molecule has 2 amide bonds. The van der Waals surface area contributed by atoms with Gasteiger partial charge in [-0.15, -0.1) is 0 Å². The lowest BCUT2D eigenvalue weighted by molar-refractivity contribution is -0.119. The number of benzene rings is 2. The average molecular weight is 382 g/mol. The first-order valence-electron chi connectivity index (χ1n) is 9.00.